The lowest BCUT2D eigenvalue weighted by molar-refractivity contribution is 0.827. The topological polar surface area (TPSA) is 43.6 Å². The van der Waals surface area contributed by atoms with Crippen LogP contribution in [0.2, 0.25) is 0 Å². The van der Waals surface area contributed by atoms with Crippen molar-refractivity contribution in [1.82, 2.24) is 19.5 Å². The van der Waals surface area contributed by atoms with E-state index in [4.69, 9.17) is 15.0 Å². The van der Waals surface area contributed by atoms with Crippen molar-refractivity contribution >= 4 is 96.4 Å². The van der Waals surface area contributed by atoms with Gasteiger partial charge in [-0.25, -0.2) is 15.0 Å². The van der Waals surface area contributed by atoms with Crippen molar-refractivity contribution in [2.75, 3.05) is 0 Å². The highest BCUT2D eigenvalue weighted by Gasteiger charge is 2.32. The molecule has 0 fully saturated rings. The molecule has 0 spiro atoms. The second-order valence-corrected chi connectivity index (χ2v) is 20.8. The summed E-state index contributed by atoms with van der Waals surface area (Å²) in [5.41, 5.74) is 12.8. The van der Waals surface area contributed by atoms with Gasteiger partial charge in [-0.05, 0) is 108 Å². The largest absolute Gasteiger partial charge is 0.308 e. The van der Waals surface area contributed by atoms with Gasteiger partial charge in [-0.15, -0.1) is 11.3 Å². The van der Waals surface area contributed by atoms with Gasteiger partial charge in [0.25, 0.3) is 0 Å². The molecule has 0 bridgehead atoms. The fraction of sp³-hybridized carbons (Fsp3) is 0.0290. The third-order valence-corrected chi connectivity index (χ3v) is 17.0. The van der Waals surface area contributed by atoms with Crippen molar-refractivity contribution < 1.29 is 0 Å². The van der Waals surface area contributed by atoms with Crippen molar-refractivity contribution in [3.8, 4) is 51.0 Å². The van der Waals surface area contributed by atoms with Gasteiger partial charge in [-0.1, -0.05) is 206 Å². The van der Waals surface area contributed by atoms with Crippen molar-refractivity contribution in [3.05, 3.63) is 253 Å². The van der Waals surface area contributed by atoms with E-state index in [1.165, 1.54) is 96.7 Å². The molecule has 4 nitrogen and oxygen atoms in total. The minimum absolute atomic E-state index is 0.193. The summed E-state index contributed by atoms with van der Waals surface area (Å²) in [5.74, 6) is 2.15. The van der Waals surface area contributed by atoms with E-state index in [0.29, 0.717) is 17.5 Å². The van der Waals surface area contributed by atoms with Crippen LogP contribution in [0.25, 0.3) is 136 Å². The molecule has 0 saturated heterocycles. The van der Waals surface area contributed by atoms with E-state index in [1.807, 2.05) is 11.3 Å². The molecule has 3 aromatic heterocycles. The summed E-state index contributed by atoms with van der Waals surface area (Å²) in [6.45, 7) is 0. The molecule has 1 aliphatic rings. The summed E-state index contributed by atoms with van der Waals surface area (Å²) in [6.07, 6.45) is 0.903. The monoisotopic (exact) mass is 958 g/mol. The van der Waals surface area contributed by atoms with E-state index in [2.05, 4.69) is 241 Å². The van der Waals surface area contributed by atoms with Crippen LogP contribution in [0.4, 0.5) is 0 Å². The highest BCUT2D eigenvalue weighted by molar-refractivity contribution is 7.27. The van der Waals surface area contributed by atoms with Gasteiger partial charge < -0.3 is 4.57 Å². The molecule has 0 radical (unpaired) electrons. The molecule has 344 valence electrons. The predicted octanol–water partition coefficient (Wildman–Crippen LogP) is 18.3. The molecular weight excluding hydrogens is 917 g/mol. The van der Waals surface area contributed by atoms with Crippen LogP contribution in [0.3, 0.4) is 0 Å². The van der Waals surface area contributed by atoms with Crippen LogP contribution in [0.5, 0.6) is 0 Å². The summed E-state index contributed by atoms with van der Waals surface area (Å²) in [5, 5.41) is 14.4. The molecule has 0 aliphatic heterocycles. The van der Waals surface area contributed by atoms with Gasteiger partial charge in [0.05, 0.1) is 21.4 Å². The van der Waals surface area contributed by atoms with Crippen LogP contribution in [0, 0.1) is 0 Å². The Bertz CT molecular complexity index is 4830. The molecule has 0 saturated carbocycles. The fourth-order valence-electron chi connectivity index (χ4n) is 12.5. The van der Waals surface area contributed by atoms with Crippen LogP contribution in [0.15, 0.2) is 237 Å². The van der Waals surface area contributed by atoms with Crippen LogP contribution < -0.4 is 0 Å². The van der Waals surface area contributed by atoms with Gasteiger partial charge in [-0.2, -0.15) is 0 Å². The third-order valence-electron chi connectivity index (χ3n) is 15.8. The summed E-state index contributed by atoms with van der Waals surface area (Å²) in [7, 11) is 0. The summed E-state index contributed by atoms with van der Waals surface area (Å²) in [4.78, 5) is 16.8. The Balaban J connectivity index is 1.000. The van der Waals surface area contributed by atoms with Gasteiger partial charge in [0.15, 0.2) is 17.5 Å². The average molecular weight is 959 g/mol. The number of rotatable bonds is 6. The van der Waals surface area contributed by atoms with Gasteiger partial charge >= 0.3 is 0 Å². The van der Waals surface area contributed by atoms with E-state index in [-0.39, 0.29) is 5.92 Å². The first-order chi connectivity index (χ1) is 36.7. The molecule has 16 rings (SSSR count). The first-order valence-corrected chi connectivity index (χ1v) is 26.2. The fourth-order valence-corrected chi connectivity index (χ4v) is 13.8. The quantitative estimate of drug-likeness (QED) is 0.167. The van der Waals surface area contributed by atoms with E-state index in [9.17, 15) is 0 Å². The second-order valence-electron chi connectivity index (χ2n) is 19.8. The first-order valence-electron chi connectivity index (χ1n) is 25.4. The van der Waals surface area contributed by atoms with Crippen molar-refractivity contribution in [2.24, 2.45) is 0 Å². The molecule has 3 heterocycles. The maximum Gasteiger partial charge on any atom is 0.164 e. The first kappa shape index (κ1) is 41.3. The lowest BCUT2D eigenvalue weighted by atomic mass is 9.89. The highest BCUT2D eigenvalue weighted by Crippen LogP contribution is 2.51. The lowest BCUT2D eigenvalue weighted by Gasteiger charge is -2.16. The molecule has 0 N–H and O–H groups in total. The number of fused-ring (bicyclic) bond motifs is 15. The van der Waals surface area contributed by atoms with Gasteiger partial charge in [0, 0.05) is 48.9 Å². The SMILES string of the molecule is c1ccc(CC2c3ccccc3-c3c(-c4nc(-c5cccc6ccccc56)nc(-c5ccc(-n6c7cc8ccccc8cc7c7c8ccccc8ccc76)c6sc7c8ccccc8ccc7c56)n4)cccc32)cc1. The molecule has 1 unspecified atom stereocenters. The van der Waals surface area contributed by atoms with Gasteiger partial charge in [0.2, 0.25) is 0 Å². The van der Waals surface area contributed by atoms with Crippen molar-refractivity contribution in [2.45, 2.75) is 12.3 Å². The zero-order chi connectivity index (χ0) is 48.4. The van der Waals surface area contributed by atoms with E-state index in [1.54, 1.807) is 0 Å². The Morgan fingerprint density at radius 2 is 0.932 bits per heavy atom. The molecule has 5 heteroatoms. The Labute approximate surface area is 430 Å². The Hall–Kier alpha value is -9.29. The third kappa shape index (κ3) is 6.17. The number of benzene rings is 12. The molecule has 74 heavy (non-hydrogen) atoms. The molecule has 0 amide bonds. The minimum Gasteiger partial charge on any atom is -0.308 e. The summed E-state index contributed by atoms with van der Waals surface area (Å²) >= 11 is 1.87. The maximum atomic E-state index is 5.67. The number of hydrogen-bond donors (Lipinski definition) is 0. The smallest absolute Gasteiger partial charge is 0.164 e. The lowest BCUT2D eigenvalue weighted by Crippen LogP contribution is -2.03. The molecule has 15 aromatic rings. The van der Waals surface area contributed by atoms with Crippen LogP contribution >= 0.6 is 11.3 Å². The maximum absolute atomic E-state index is 5.67. The molecule has 1 aliphatic carbocycles. The molecule has 1 atom stereocenters. The number of aromatic nitrogens is 4. The van der Waals surface area contributed by atoms with Crippen LogP contribution in [0.1, 0.15) is 22.6 Å². The van der Waals surface area contributed by atoms with Gasteiger partial charge in [-0.3, -0.25) is 0 Å². The van der Waals surface area contributed by atoms with E-state index >= 15 is 0 Å². The number of thiophene rings is 1. The number of nitrogens with zero attached hydrogens (tertiary/aromatic N) is 4. The Morgan fingerprint density at radius 1 is 0.351 bits per heavy atom. The van der Waals surface area contributed by atoms with E-state index < -0.39 is 0 Å². The van der Waals surface area contributed by atoms with Gasteiger partial charge in [0.1, 0.15) is 0 Å². The van der Waals surface area contributed by atoms with Crippen LogP contribution in [-0.2, 0) is 6.42 Å². The van der Waals surface area contributed by atoms with Crippen LogP contribution in [-0.4, -0.2) is 19.5 Å². The summed E-state index contributed by atoms with van der Waals surface area (Å²) in [6, 6.07) is 86.4. The normalized spacial score (nSPS) is 13.3. The Kier molecular flexibility index (Phi) is 9.00. The number of hydrogen-bond acceptors (Lipinski definition) is 4. The standard InChI is InChI=1S/C69H42N4S/c1-2-16-41(17-3-1)38-57-50-27-12-13-28-51(50)62-52(57)29-15-31-55(62)68-70-67(53-30-14-23-42-18-6-9-24-47(42)53)71-69(72-68)56-35-37-60(66-64(56)54-34-32-44-20-8-11-26-49(44)65(54)74-66)73-59-36-33-43-19-7-10-25-48(43)63(59)58-39-45-21-4-5-22-46(45)40-61(58)73/h1-37,39-40,57H,38H2. The highest BCUT2D eigenvalue weighted by atomic mass is 32.1. The zero-order valence-electron chi connectivity index (χ0n) is 40.0. The average Bonchev–Trinajstić information content (AvgIpc) is 4.13. The summed E-state index contributed by atoms with van der Waals surface area (Å²) < 4.78 is 4.94. The Morgan fingerprint density at radius 3 is 1.76 bits per heavy atom. The molecular formula is C69H42N4S. The molecule has 12 aromatic carbocycles. The zero-order valence-corrected chi connectivity index (χ0v) is 40.8. The van der Waals surface area contributed by atoms with E-state index in [0.717, 1.165) is 45.0 Å². The second kappa shape index (κ2) is 16.1. The minimum atomic E-state index is 0.193. The predicted molar refractivity (Wildman–Crippen MR) is 311 cm³/mol. The van der Waals surface area contributed by atoms with Crippen molar-refractivity contribution in [1.29, 1.82) is 0 Å². The van der Waals surface area contributed by atoms with Crippen molar-refractivity contribution in [3.63, 3.8) is 0 Å².